The maximum Gasteiger partial charge on any atom is 0.0991 e. The largest absolute Gasteiger partial charge is 0.372 e. The summed E-state index contributed by atoms with van der Waals surface area (Å²) in [5.74, 6) is 0. The van der Waals surface area contributed by atoms with E-state index in [9.17, 15) is 0 Å². The maximum atomic E-state index is 8.84. The molecular weight excluding hydrogens is 256 g/mol. The fraction of sp³-hybridized carbons (Fsp3) is 0.632. The summed E-state index contributed by atoms with van der Waals surface area (Å²) in [7, 11) is 0. The van der Waals surface area contributed by atoms with Crippen molar-refractivity contribution in [2.45, 2.75) is 65.2 Å². The minimum Gasteiger partial charge on any atom is -0.372 e. The number of hydrogen-bond acceptors (Lipinski definition) is 2. The van der Waals surface area contributed by atoms with E-state index in [1.54, 1.807) is 0 Å². The number of hydrogen-bond donors (Lipinski definition) is 0. The van der Waals surface area contributed by atoms with Gasteiger partial charge in [0.15, 0.2) is 0 Å². The van der Waals surface area contributed by atoms with E-state index in [-0.39, 0.29) is 0 Å². The zero-order valence-corrected chi connectivity index (χ0v) is 13.8. The van der Waals surface area contributed by atoms with Gasteiger partial charge in [-0.1, -0.05) is 51.9 Å². The summed E-state index contributed by atoms with van der Waals surface area (Å²) >= 11 is 0. The Kier molecular flexibility index (Phi) is 9.37. The molecule has 0 aliphatic heterocycles. The van der Waals surface area contributed by atoms with Crippen LogP contribution in [0.3, 0.4) is 0 Å². The fourth-order valence-corrected chi connectivity index (χ4v) is 2.65. The van der Waals surface area contributed by atoms with Gasteiger partial charge in [-0.3, -0.25) is 0 Å². The number of benzene rings is 1. The molecule has 1 aromatic rings. The van der Waals surface area contributed by atoms with Crippen LogP contribution in [-0.2, 0) is 0 Å². The van der Waals surface area contributed by atoms with Crippen LogP contribution in [0.2, 0.25) is 0 Å². The summed E-state index contributed by atoms with van der Waals surface area (Å²) in [6.07, 6.45) is 10.9. The molecule has 0 spiro atoms. The molecule has 0 heterocycles. The van der Waals surface area contributed by atoms with E-state index < -0.39 is 0 Å². The van der Waals surface area contributed by atoms with Gasteiger partial charge in [0.25, 0.3) is 0 Å². The molecule has 0 fully saturated rings. The topological polar surface area (TPSA) is 27.0 Å². The second-order valence-corrected chi connectivity index (χ2v) is 5.71. The number of nitrogens with zero attached hydrogens (tertiary/aromatic N) is 2. The summed E-state index contributed by atoms with van der Waals surface area (Å²) in [5.41, 5.74) is 1.97. The van der Waals surface area contributed by atoms with Crippen LogP contribution in [0.4, 0.5) is 5.69 Å². The van der Waals surface area contributed by atoms with Crippen molar-refractivity contribution in [1.82, 2.24) is 0 Å². The van der Waals surface area contributed by atoms with E-state index in [0.717, 1.165) is 18.7 Å². The minimum absolute atomic E-state index is 0.738. The molecule has 0 radical (unpaired) electrons. The lowest BCUT2D eigenvalue weighted by molar-refractivity contribution is 0.572. The minimum atomic E-state index is 0.738. The normalized spacial score (nSPS) is 10.3. The van der Waals surface area contributed by atoms with Crippen LogP contribution in [0.25, 0.3) is 0 Å². The highest BCUT2D eigenvalue weighted by Crippen LogP contribution is 2.16. The lowest BCUT2D eigenvalue weighted by atomic mass is 10.1. The Morgan fingerprint density at radius 3 is 1.95 bits per heavy atom. The van der Waals surface area contributed by atoms with Gasteiger partial charge < -0.3 is 4.90 Å². The van der Waals surface area contributed by atoms with Gasteiger partial charge in [0.2, 0.25) is 0 Å². The first-order chi connectivity index (χ1) is 10.3. The van der Waals surface area contributed by atoms with Crippen LogP contribution in [0.1, 0.15) is 70.8 Å². The molecule has 0 unspecified atom stereocenters. The average molecular weight is 286 g/mol. The monoisotopic (exact) mass is 286 g/mol. The first-order valence-corrected chi connectivity index (χ1v) is 8.57. The third kappa shape index (κ3) is 7.18. The molecule has 1 aromatic carbocycles. The first-order valence-electron chi connectivity index (χ1n) is 8.57. The second kappa shape index (κ2) is 11.2. The van der Waals surface area contributed by atoms with Crippen LogP contribution in [0.5, 0.6) is 0 Å². The molecule has 2 heteroatoms. The van der Waals surface area contributed by atoms with Gasteiger partial charge in [0.05, 0.1) is 11.6 Å². The molecule has 21 heavy (non-hydrogen) atoms. The van der Waals surface area contributed by atoms with Crippen molar-refractivity contribution in [1.29, 1.82) is 5.26 Å². The Labute approximate surface area is 130 Å². The summed E-state index contributed by atoms with van der Waals surface area (Å²) in [6.45, 7) is 6.62. The van der Waals surface area contributed by atoms with E-state index in [2.05, 4.69) is 36.9 Å². The van der Waals surface area contributed by atoms with Crippen LogP contribution >= 0.6 is 0 Å². The van der Waals surface area contributed by atoms with Gasteiger partial charge in [-0.05, 0) is 37.6 Å². The summed E-state index contributed by atoms with van der Waals surface area (Å²) in [4.78, 5) is 2.40. The summed E-state index contributed by atoms with van der Waals surface area (Å²) in [5, 5.41) is 8.84. The molecule has 0 saturated carbocycles. The Morgan fingerprint density at radius 1 is 0.857 bits per heavy atom. The molecule has 116 valence electrons. The molecular formula is C19H30N2. The SMILES string of the molecule is CCCCCCCCCCN(CC)c1ccc(C#N)cc1. The van der Waals surface area contributed by atoms with E-state index in [0.29, 0.717) is 0 Å². The van der Waals surface area contributed by atoms with Gasteiger partial charge in [-0.15, -0.1) is 0 Å². The van der Waals surface area contributed by atoms with E-state index in [1.807, 2.05) is 12.1 Å². The molecule has 0 N–H and O–H groups in total. The van der Waals surface area contributed by atoms with Crippen molar-refractivity contribution < 1.29 is 0 Å². The standard InChI is InChI=1S/C19H30N2/c1-3-5-6-7-8-9-10-11-16-21(4-2)19-14-12-18(17-20)13-15-19/h12-15H,3-11,16H2,1-2H3. The lowest BCUT2D eigenvalue weighted by Gasteiger charge is -2.23. The maximum absolute atomic E-state index is 8.84. The summed E-state index contributed by atoms with van der Waals surface area (Å²) < 4.78 is 0. The van der Waals surface area contributed by atoms with Crippen molar-refractivity contribution in [2.75, 3.05) is 18.0 Å². The van der Waals surface area contributed by atoms with E-state index >= 15 is 0 Å². The lowest BCUT2D eigenvalue weighted by Crippen LogP contribution is -2.23. The van der Waals surface area contributed by atoms with Crippen molar-refractivity contribution in [3.8, 4) is 6.07 Å². The Bertz CT molecular complexity index is 403. The van der Waals surface area contributed by atoms with Gasteiger partial charge in [0.1, 0.15) is 0 Å². The van der Waals surface area contributed by atoms with Gasteiger partial charge in [-0.25, -0.2) is 0 Å². The predicted molar refractivity (Wildman–Crippen MR) is 91.7 cm³/mol. The molecule has 0 aliphatic rings. The number of unbranched alkanes of at least 4 members (excludes halogenated alkanes) is 7. The van der Waals surface area contributed by atoms with Crippen molar-refractivity contribution in [3.63, 3.8) is 0 Å². The van der Waals surface area contributed by atoms with Crippen molar-refractivity contribution in [2.24, 2.45) is 0 Å². The number of rotatable bonds is 11. The van der Waals surface area contributed by atoms with Crippen LogP contribution in [0, 0.1) is 11.3 Å². The third-order valence-corrected chi connectivity index (χ3v) is 4.02. The smallest absolute Gasteiger partial charge is 0.0991 e. The summed E-state index contributed by atoms with van der Waals surface area (Å²) in [6, 6.07) is 10.1. The van der Waals surface area contributed by atoms with Crippen LogP contribution in [0.15, 0.2) is 24.3 Å². The zero-order valence-electron chi connectivity index (χ0n) is 13.8. The van der Waals surface area contributed by atoms with Gasteiger partial charge in [-0.2, -0.15) is 5.26 Å². The second-order valence-electron chi connectivity index (χ2n) is 5.71. The molecule has 1 rings (SSSR count). The molecule has 0 saturated heterocycles. The highest BCUT2D eigenvalue weighted by atomic mass is 15.1. The highest BCUT2D eigenvalue weighted by Gasteiger charge is 2.03. The van der Waals surface area contributed by atoms with E-state index in [4.69, 9.17) is 5.26 Å². The quantitative estimate of drug-likeness (QED) is 0.500. The molecule has 0 atom stereocenters. The van der Waals surface area contributed by atoms with Gasteiger partial charge in [0, 0.05) is 18.8 Å². The molecule has 0 amide bonds. The Balaban J connectivity index is 2.20. The number of anilines is 1. The first kappa shape index (κ1) is 17.6. The molecule has 2 nitrogen and oxygen atoms in total. The van der Waals surface area contributed by atoms with Crippen molar-refractivity contribution >= 4 is 5.69 Å². The average Bonchev–Trinajstić information content (AvgIpc) is 2.54. The predicted octanol–water partition coefficient (Wildman–Crippen LogP) is 5.53. The van der Waals surface area contributed by atoms with E-state index in [1.165, 1.54) is 57.1 Å². The molecule has 0 aromatic heterocycles. The van der Waals surface area contributed by atoms with Crippen LogP contribution in [-0.4, -0.2) is 13.1 Å². The Hall–Kier alpha value is -1.49. The van der Waals surface area contributed by atoms with Crippen molar-refractivity contribution in [3.05, 3.63) is 29.8 Å². The molecule has 0 bridgehead atoms. The van der Waals surface area contributed by atoms with Gasteiger partial charge >= 0.3 is 0 Å². The number of nitriles is 1. The zero-order chi connectivity index (χ0) is 15.3. The van der Waals surface area contributed by atoms with Crippen LogP contribution < -0.4 is 4.90 Å². The highest BCUT2D eigenvalue weighted by molar-refractivity contribution is 5.49. The fourth-order valence-electron chi connectivity index (χ4n) is 2.65. The molecule has 0 aliphatic carbocycles. The Morgan fingerprint density at radius 2 is 1.43 bits per heavy atom. The third-order valence-electron chi connectivity index (χ3n) is 4.02.